The zero-order chi connectivity index (χ0) is 23.9. The van der Waals surface area contributed by atoms with Gasteiger partial charge >= 0.3 is 11.9 Å². The van der Waals surface area contributed by atoms with Crippen molar-refractivity contribution >= 4 is 39.1 Å². The third kappa shape index (κ3) is 6.90. The summed E-state index contributed by atoms with van der Waals surface area (Å²) in [5.41, 5.74) is 1.80. The molecule has 0 saturated heterocycles. The number of carbonyl (C=O) groups is 2. The van der Waals surface area contributed by atoms with E-state index in [9.17, 15) is 28.2 Å². The van der Waals surface area contributed by atoms with E-state index in [1.165, 1.54) is 6.08 Å². The van der Waals surface area contributed by atoms with Crippen molar-refractivity contribution in [3.05, 3.63) is 54.1 Å². The summed E-state index contributed by atoms with van der Waals surface area (Å²) in [6.07, 6.45) is 4.95. The number of rotatable bonds is 12. The second kappa shape index (κ2) is 11.1. The summed E-state index contributed by atoms with van der Waals surface area (Å²) < 4.78 is 26.3. The molecule has 0 amide bonds. The lowest BCUT2D eigenvalue weighted by molar-refractivity contribution is -0.143. The molecule has 2 rings (SSSR count). The van der Waals surface area contributed by atoms with Gasteiger partial charge in [0.15, 0.2) is 4.21 Å². The van der Waals surface area contributed by atoms with Gasteiger partial charge in [-0.1, -0.05) is 67.9 Å². The van der Waals surface area contributed by atoms with Crippen LogP contribution in [0, 0.1) is 5.92 Å². The van der Waals surface area contributed by atoms with E-state index in [0.717, 1.165) is 11.1 Å². The Morgan fingerprint density at radius 3 is 2.25 bits per heavy atom. The predicted molar refractivity (Wildman–Crippen MR) is 124 cm³/mol. The number of hydrogen-bond acceptors (Lipinski definition) is 5. The molecule has 1 aromatic carbocycles. The topological polar surface area (TPSA) is 133 Å². The molecule has 1 aromatic rings. The smallest absolute Gasteiger partial charge is 0.320 e. The van der Waals surface area contributed by atoms with Gasteiger partial charge in [0.05, 0.1) is 0 Å². The monoisotopic (exact) mass is 484 g/mol. The highest BCUT2D eigenvalue weighted by atomic mass is 35.5. The molecule has 0 heterocycles. The van der Waals surface area contributed by atoms with Gasteiger partial charge in [-0.05, 0) is 36.0 Å². The van der Waals surface area contributed by atoms with E-state index in [2.05, 4.69) is 10.0 Å². The minimum absolute atomic E-state index is 0.0413. The largest absolute Gasteiger partial charge is 0.480 e. The Morgan fingerprint density at radius 1 is 1.12 bits per heavy atom. The van der Waals surface area contributed by atoms with Crippen LogP contribution in [0.4, 0.5) is 0 Å². The van der Waals surface area contributed by atoms with E-state index in [-0.39, 0.29) is 31.7 Å². The molecule has 0 radical (unpaired) electrons. The number of carboxylic acid groups (broad SMARTS) is 2. The van der Waals surface area contributed by atoms with Crippen molar-refractivity contribution in [1.29, 1.82) is 0 Å². The van der Waals surface area contributed by atoms with Crippen molar-refractivity contribution in [3.63, 3.8) is 0 Å². The van der Waals surface area contributed by atoms with E-state index in [4.69, 9.17) is 11.6 Å². The fraction of sp³-hybridized carbons (Fsp3) is 0.455. The van der Waals surface area contributed by atoms with Gasteiger partial charge in [0.25, 0.3) is 0 Å². The first kappa shape index (κ1) is 26.1. The van der Waals surface area contributed by atoms with Crippen LogP contribution >= 0.6 is 11.6 Å². The van der Waals surface area contributed by atoms with Crippen LogP contribution in [0.15, 0.2) is 48.6 Å². The van der Waals surface area contributed by atoms with Gasteiger partial charge in [-0.25, -0.2) is 13.1 Å². The number of halogens is 1. The van der Waals surface area contributed by atoms with E-state index >= 15 is 0 Å². The summed E-state index contributed by atoms with van der Waals surface area (Å²) in [5.74, 6) is -2.37. The Bertz CT molecular complexity index is 977. The van der Waals surface area contributed by atoms with Gasteiger partial charge in [0.1, 0.15) is 12.1 Å². The molecule has 32 heavy (non-hydrogen) atoms. The second-order valence-corrected chi connectivity index (χ2v) is 11.0. The van der Waals surface area contributed by atoms with Crippen LogP contribution in [0.2, 0.25) is 0 Å². The van der Waals surface area contributed by atoms with Gasteiger partial charge in [0, 0.05) is 13.0 Å². The summed E-state index contributed by atoms with van der Waals surface area (Å²) in [7, 11) is -4.03. The zero-order valence-electron chi connectivity index (χ0n) is 18.0. The lowest BCUT2D eigenvalue weighted by Crippen LogP contribution is -2.49. The maximum absolute atomic E-state index is 12.8. The third-order valence-corrected chi connectivity index (χ3v) is 7.77. The van der Waals surface area contributed by atoms with Crippen LogP contribution in [0.1, 0.15) is 38.7 Å². The molecule has 4 N–H and O–H groups in total. The normalized spacial score (nSPS) is 20.6. The Labute approximate surface area is 193 Å². The quantitative estimate of drug-likeness (QED) is 0.335. The fourth-order valence-corrected chi connectivity index (χ4v) is 4.81. The maximum Gasteiger partial charge on any atom is 0.320 e. The van der Waals surface area contributed by atoms with Gasteiger partial charge in [-0.15, -0.1) is 0 Å². The molecule has 3 unspecified atom stereocenters. The maximum atomic E-state index is 12.8. The summed E-state index contributed by atoms with van der Waals surface area (Å²) in [5, 5.41) is 21.3. The number of hydrogen-bond donors (Lipinski definition) is 4. The fourth-order valence-electron chi connectivity index (χ4n) is 3.33. The van der Waals surface area contributed by atoms with Crippen molar-refractivity contribution in [2.24, 2.45) is 5.92 Å². The first-order chi connectivity index (χ1) is 14.9. The molecule has 0 bridgehead atoms. The summed E-state index contributed by atoms with van der Waals surface area (Å²) in [4.78, 5) is 23.0. The molecule has 1 aliphatic rings. The van der Waals surface area contributed by atoms with Gasteiger partial charge in [-0.3, -0.25) is 14.9 Å². The molecule has 0 spiro atoms. The first-order valence-electron chi connectivity index (χ1n) is 10.3. The zero-order valence-corrected chi connectivity index (χ0v) is 19.6. The second-order valence-electron chi connectivity index (χ2n) is 8.11. The van der Waals surface area contributed by atoms with Crippen molar-refractivity contribution in [1.82, 2.24) is 10.0 Å². The molecule has 0 aliphatic heterocycles. The number of sulfonamides is 1. The molecule has 176 valence electrons. The SMILES string of the molecule is CC(C)CC(NC(CCNS(=O)(=O)C1(Cl)C=CC(c2ccccc2)=CC1)C(=O)O)C(=O)O. The lowest BCUT2D eigenvalue weighted by atomic mass is 9.99. The summed E-state index contributed by atoms with van der Waals surface area (Å²) in [6.45, 7) is 3.45. The van der Waals surface area contributed by atoms with Crippen LogP contribution in [0.3, 0.4) is 0 Å². The minimum Gasteiger partial charge on any atom is -0.480 e. The minimum atomic E-state index is -4.03. The number of nitrogens with one attached hydrogen (secondary N) is 2. The third-order valence-electron chi connectivity index (χ3n) is 5.10. The number of carboxylic acids is 2. The molecule has 0 fully saturated rings. The standard InChI is InChI=1S/C22H29ClN2O6S/c1-15(2)14-19(21(28)29)25-18(20(26)27)10-13-24-32(30,31)22(23)11-8-17(9-12-22)16-6-4-3-5-7-16/h3-9,11,15,18-19,24-25H,10,12-14H2,1-2H3,(H,26,27)(H,28,29). The van der Waals surface area contributed by atoms with Crippen LogP contribution < -0.4 is 10.0 Å². The van der Waals surface area contributed by atoms with Crippen LogP contribution in [-0.4, -0.2) is 53.4 Å². The summed E-state index contributed by atoms with van der Waals surface area (Å²) in [6, 6.07) is 7.20. The van der Waals surface area contributed by atoms with Crippen LogP contribution in [0.25, 0.3) is 5.57 Å². The predicted octanol–water partition coefficient (Wildman–Crippen LogP) is 2.82. The Balaban J connectivity index is 1.99. The lowest BCUT2D eigenvalue weighted by Gasteiger charge is -2.26. The van der Waals surface area contributed by atoms with E-state index in [1.54, 1.807) is 12.2 Å². The van der Waals surface area contributed by atoms with Crippen LogP contribution in [0.5, 0.6) is 0 Å². The number of aliphatic carboxylic acids is 2. The number of allylic oxidation sites excluding steroid dienone is 3. The van der Waals surface area contributed by atoms with Crippen molar-refractivity contribution < 1.29 is 28.2 Å². The first-order valence-corrected chi connectivity index (χ1v) is 12.2. The van der Waals surface area contributed by atoms with Crippen molar-refractivity contribution in [2.45, 2.75) is 49.4 Å². The van der Waals surface area contributed by atoms with Crippen molar-refractivity contribution in [2.75, 3.05) is 6.54 Å². The van der Waals surface area contributed by atoms with Gasteiger partial charge in [-0.2, -0.15) is 0 Å². The van der Waals surface area contributed by atoms with E-state index in [0.29, 0.717) is 0 Å². The molecule has 3 atom stereocenters. The van der Waals surface area contributed by atoms with Crippen molar-refractivity contribution in [3.8, 4) is 0 Å². The molecule has 1 aliphatic carbocycles. The highest BCUT2D eigenvalue weighted by Crippen LogP contribution is 2.35. The molecule has 10 heteroatoms. The Morgan fingerprint density at radius 2 is 1.75 bits per heavy atom. The average molecular weight is 485 g/mol. The molecular weight excluding hydrogens is 456 g/mol. The number of benzene rings is 1. The molecular formula is C22H29ClN2O6S. The molecule has 0 saturated carbocycles. The highest BCUT2D eigenvalue weighted by Gasteiger charge is 2.40. The van der Waals surface area contributed by atoms with Crippen LogP contribution in [-0.2, 0) is 19.6 Å². The van der Waals surface area contributed by atoms with E-state index in [1.807, 2.05) is 44.2 Å². The van der Waals surface area contributed by atoms with Gasteiger partial charge < -0.3 is 10.2 Å². The summed E-state index contributed by atoms with van der Waals surface area (Å²) >= 11 is 6.39. The average Bonchev–Trinajstić information content (AvgIpc) is 2.72. The Hall–Kier alpha value is -2.20. The van der Waals surface area contributed by atoms with E-state index < -0.39 is 38.3 Å². The Kier molecular flexibility index (Phi) is 9.03. The number of alkyl halides is 1. The molecule has 8 nitrogen and oxygen atoms in total. The van der Waals surface area contributed by atoms with Gasteiger partial charge in [0.2, 0.25) is 10.0 Å². The highest BCUT2D eigenvalue weighted by molar-refractivity contribution is 7.92. The molecule has 0 aromatic heterocycles.